The minimum Gasteiger partial charge on any atom is -0.494 e. The maximum absolute atomic E-state index is 13.6. The van der Waals surface area contributed by atoms with Crippen LogP contribution in [0.5, 0.6) is 11.5 Å². The van der Waals surface area contributed by atoms with E-state index in [0.29, 0.717) is 33.6 Å². The molecule has 3 heterocycles. The molecule has 12 nitrogen and oxygen atoms in total. The van der Waals surface area contributed by atoms with Gasteiger partial charge in [-0.15, -0.1) is 10.2 Å². The summed E-state index contributed by atoms with van der Waals surface area (Å²) in [6, 6.07) is 8.68. The van der Waals surface area contributed by atoms with Crippen LogP contribution in [0.2, 0.25) is 5.02 Å². The van der Waals surface area contributed by atoms with Gasteiger partial charge in [0.25, 0.3) is 0 Å². The van der Waals surface area contributed by atoms with E-state index in [9.17, 15) is 8.42 Å². The van der Waals surface area contributed by atoms with Crippen molar-refractivity contribution in [1.29, 1.82) is 0 Å². The zero-order valence-electron chi connectivity index (χ0n) is 20.4. The Balaban J connectivity index is 1.83. The lowest BCUT2D eigenvalue weighted by Gasteiger charge is -2.22. The molecule has 3 aromatic heterocycles. The summed E-state index contributed by atoms with van der Waals surface area (Å²) in [7, 11) is 0.230. The van der Waals surface area contributed by atoms with Crippen molar-refractivity contribution in [3.05, 3.63) is 66.0 Å². The summed E-state index contributed by atoms with van der Waals surface area (Å²) < 4.78 is 47.7. The number of nitrogens with zero attached hydrogens (tertiary/aromatic N) is 6. The first-order valence-electron chi connectivity index (χ1n) is 10.9. The van der Waals surface area contributed by atoms with Crippen molar-refractivity contribution in [3.63, 3.8) is 0 Å². The number of ether oxygens (including phenoxy) is 3. The minimum atomic E-state index is -4.13. The number of rotatable bonds is 10. The number of anilines is 1. The molecule has 1 unspecified atom stereocenters. The molecule has 0 bridgehead atoms. The van der Waals surface area contributed by atoms with Crippen LogP contribution in [-0.4, -0.2) is 64.7 Å². The Labute approximate surface area is 218 Å². The van der Waals surface area contributed by atoms with E-state index in [4.69, 9.17) is 25.8 Å². The van der Waals surface area contributed by atoms with E-state index in [2.05, 4.69) is 29.9 Å². The van der Waals surface area contributed by atoms with Gasteiger partial charge in [-0.2, -0.15) is 0 Å². The molecular weight excluding hydrogens is 522 g/mol. The van der Waals surface area contributed by atoms with Gasteiger partial charge in [-0.05, 0) is 31.2 Å². The largest absolute Gasteiger partial charge is 0.494 e. The van der Waals surface area contributed by atoms with Crippen LogP contribution in [0.25, 0.3) is 17.1 Å². The summed E-state index contributed by atoms with van der Waals surface area (Å²) in [4.78, 5) is 12.4. The highest BCUT2D eigenvalue weighted by molar-refractivity contribution is 7.93. The second-order valence-electron chi connectivity index (χ2n) is 7.70. The molecule has 0 fully saturated rings. The standard InChI is InChI=1S/C23H24ClN7O5S/c1-14(20(36-4)21-26-12-16(24)13-27-21)37(32,33)30-23-29-28-22(15-7-6-10-25-11-15)31(23)19-17(34-2)8-5-9-18(19)35-3/h5-14,20H,1-4H3,(H,29,30)/t14-,20?/m1/s1. The van der Waals surface area contributed by atoms with Crippen LogP contribution in [0.4, 0.5) is 5.95 Å². The molecule has 0 saturated heterocycles. The van der Waals surface area contributed by atoms with Crippen LogP contribution in [0, 0.1) is 0 Å². The Hall–Kier alpha value is -3.81. The second kappa shape index (κ2) is 11.1. The zero-order chi connectivity index (χ0) is 26.6. The summed E-state index contributed by atoms with van der Waals surface area (Å²) in [5.74, 6) is 1.18. The quantitative estimate of drug-likeness (QED) is 0.315. The van der Waals surface area contributed by atoms with E-state index >= 15 is 0 Å². The monoisotopic (exact) mass is 545 g/mol. The van der Waals surface area contributed by atoms with E-state index in [1.807, 2.05) is 0 Å². The Bertz CT molecular complexity index is 1440. The van der Waals surface area contributed by atoms with E-state index in [1.54, 1.807) is 42.7 Å². The van der Waals surface area contributed by atoms with Crippen molar-refractivity contribution in [2.75, 3.05) is 26.1 Å². The molecule has 0 aliphatic carbocycles. The van der Waals surface area contributed by atoms with E-state index in [0.717, 1.165) is 0 Å². The molecule has 194 valence electrons. The van der Waals surface area contributed by atoms with Crippen LogP contribution < -0.4 is 14.2 Å². The van der Waals surface area contributed by atoms with Crippen LogP contribution >= 0.6 is 11.6 Å². The van der Waals surface area contributed by atoms with Crippen molar-refractivity contribution >= 4 is 27.6 Å². The second-order valence-corrected chi connectivity index (χ2v) is 10.2. The molecule has 1 aromatic carbocycles. The van der Waals surface area contributed by atoms with Crippen molar-refractivity contribution in [1.82, 2.24) is 29.7 Å². The predicted octanol–water partition coefficient (Wildman–Crippen LogP) is 3.31. The minimum absolute atomic E-state index is 0.0969. The molecule has 0 aliphatic rings. The van der Waals surface area contributed by atoms with Gasteiger partial charge in [0.1, 0.15) is 28.5 Å². The topological polar surface area (TPSA) is 143 Å². The number of benzene rings is 1. The maximum Gasteiger partial charge on any atom is 0.243 e. The number of hydrogen-bond donors (Lipinski definition) is 1. The van der Waals surface area contributed by atoms with Gasteiger partial charge >= 0.3 is 0 Å². The van der Waals surface area contributed by atoms with E-state index in [1.165, 1.54) is 45.2 Å². The van der Waals surface area contributed by atoms with E-state index < -0.39 is 21.4 Å². The smallest absolute Gasteiger partial charge is 0.243 e. The highest BCUT2D eigenvalue weighted by atomic mass is 35.5. The van der Waals surface area contributed by atoms with Crippen LogP contribution in [0.15, 0.2) is 55.1 Å². The Morgan fingerprint density at radius 3 is 2.22 bits per heavy atom. The first-order valence-corrected chi connectivity index (χ1v) is 12.8. The van der Waals surface area contributed by atoms with Crippen molar-refractivity contribution in [2.24, 2.45) is 0 Å². The fraction of sp³-hybridized carbons (Fsp3) is 0.261. The molecular formula is C23H24ClN7O5S. The fourth-order valence-electron chi connectivity index (χ4n) is 3.66. The molecule has 0 radical (unpaired) electrons. The molecule has 4 aromatic rings. The average Bonchev–Trinajstić information content (AvgIpc) is 3.32. The number of hydrogen-bond acceptors (Lipinski definition) is 10. The third kappa shape index (κ3) is 5.33. The molecule has 0 amide bonds. The van der Waals surface area contributed by atoms with Gasteiger partial charge in [-0.1, -0.05) is 17.7 Å². The number of para-hydroxylation sites is 1. The number of sulfonamides is 1. The first kappa shape index (κ1) is 26.3. The number of pyridine rings is 1. The van der Waals surface area contributed by atoms with Gasteiger partial charge in [-0.3, -0.25) is 14.3 Å². The SMILES string of the molecule is COc1cccc(OC)c1-n1c(NS(=O)(=O)[C@H](C)C(OC)c2ncc(Cl)cn2)nnc1-c1cccnc1. The third-order valence-corrected chi connectivity index (χ3v) is 7.39. The molecule has 2 atom stereocenters. The Morgan fingerprint density at radius 1 is 0.973 bits per heavy atom. The molecule has 0 saturated carbocycles. The highest BCUT2D eigenvalue weighted by Crippen LogP contribution is 2.38. The normalized spacial score (nSPS) is 13.1. The number of aromatic nitrogens is 6. The third-order valence-electron chi connectivity index (χ3n) is 5.51. The van der Waals surface area contributed by atoms with Crippen LogP contribution in [0.3, 0.4) is 0 Å². The van der Waals surface area contributed by atoms with Gasteiger partial charge in [-0.25, -0.2) is 18.4 Å². The van der Waals surface area contributed by atoms with Crippen molar-refractivity contribution in [2.45, 2.75) is 18.3 Å². The predicted molar refractivity (Wildman–Crippen MR) is 136 cm³/mol. The molecule has 0 spiro atoms. The summed E-state index contributed by atoms with van der Waals surface area (Å²) in [5.41, 5.74) is 0.983. The fourth-order valence-corrected chi connectivity index (χ4v) is 4.88. The summed E-state index contributed by atoms with van der Waals surface area (Å²) >= 11 is 5.87. The molecule has 14 heteroatoms. The van der Waals surface area contributed by atoms with Crippen molar-refractivity contribution in [3.8, 4) is 28.6 Å². The van der Waals surface area contributed by atoms with Gasteiger partial charge in [0.05, 0.1) is 19.2 Å². The molecule has 0 aliphatic heterocycles. The maximum atomic E-state index is 13.6. The highest BCUT2D eigenvalue weighted by Gasteiger charge is 2.35. The summed E-state index contributed by atoms with van der Waals surface area (Å²) in [6.45, 7) is 1.47. The number of nitrogens with one attached hydrogen (secondary N) is 1. The molecule has 4 rings (SSSR count). The Kier molecular flexibility index (Phi) is 7.86. The molecule has 1 N–H and O–H groups in total. The lowest BCUT2D eigenvalue weighted by Crippen LogP contribution is -2.33. The van der Waals surface area contributed by atoms with Crippen LogP contribution in [-0.2, 0) is 14.8 Å². The number of methoxy groups -OCH3 is 3. The van der Waals surface area contributed by atoms with E-state index in [-0.39, 0.29) is 11.8 Å². The zero-order valence-corrected chi connectivity index (χ0v) is 21.9. The van der Waals surface area contributed by atoms with Gasteiger partial charge in [0.15, 0.2) is 11.6 Å². The van der Waals surface area contributed by atoms with Crippen LogP contribution in [0.1, 0.15) is 18.9 Å². The lowest BCUT2D eigenvalue weighted by atomic mass is 10.2. The first-order chi connectivity index (χ1) is 17.8. The lowest BCUT2D eigenvalue weighted by molar-refractivity contribution is 0.0950. The molecule has 37 heavy (non-hydrogen) atoms. The van der Waals surface area contributed by atoms with Gasteiger partial charge in [0, 0.05) is 37.5 Å². The average molecular weight is 546 g/mol. The van der Waals surface area contributed by atoms with Gasteiger partial charge < -0.3 is 14.2 Å². The summed E-state index contributed by atoms with van der Waals surface area (Å²) in [6.07, 6.45) is 4.94. The van der Waals surface area contributed by atoms with Crippen molar-refractivity contribution < 1.29 is 22.6 Å². The summed E-state index contributed by atoms with van der Waals surface area (Å²) in [5, 5.41) is 7.59. The van der Waals surface area contributed by atoms with Gasteiger partial charge in [0.2, 0.25) is 16.0 Å². The number of halogens is 1. The Morgan fingerprint density at radius 2 is 1.65 bits per heavy atom.